The molecule has 2 nitrogen and oxygen atoms in total. The summed E-state index contributed by atoms with van der Waals surface area (Å²) in [5, 5.41) is 6.54. The third kappa shape index (κ3) is 2.85. The van der Waals surface area contributed by atoms with Crippen molar-refractivity contribution in [1.82, 2.24) is 10.2 Å². The first-order valence-electron chi connectivity index (χ1n) is 7.09. The Morgan fingerprint density at radius 1 is 1.42 bits per heavy atom. The van der Waals surface area contributed by atoms with Crippen molar-refractivity contribution in [1.29, 1.82) is 0 Å². The highest BCUT2D eigenvalue weighted by molar-refractivity contribution is 7.10. The molecule has 1 fully saturated rings. The molecule has 1 aromatic heterocycles. The number of thiophene rings is 1. The quantitative estimate of drug-likeness (QED) is 0.897. The maximum atomic E-state index is 6.38. The number of likely N-dealkylation sites (N-methyl/N-ethyl adjacent to an activating group) is 2. The van der Waals surface area contributed by atoms with Crippen LogP contribution in [0.15, 0.2) is 11.4 Å². The third-order valence-corrected chi connectivity index (χ3v) is 6.19. The first-order valence-corrected chi connectivity index (χ1v) is 8.34. The summed E-state index contributed by atoms with van der Waals surface area (Å²) < 4.78 is 0. The van der Waals surface area contributed by atoms with Crippen molar-refractivity contribution in [3.63, 3.8) is 0 Å². The Bertz CT molecular complexity index is 408. The Balaban J connectivity index is 2.34. The summed E-state index contributed by atoms with van der Waals surface area (Å²) in [6.07, 6.45) is 5.08. The average molecular weight is 301 g/mol. The van der Waals surface area contributed by atoms with Crippen molar-refractivity contribution in [2.75, 3.05) is 21.1 Å². The second kappa shape index (κ2) is 6.13. The molecule has 1 unspecified atom stereocenters. The molecular weight excluding hydrogens is 276 g/mol. The fraction of sp³-hybridized carbons (Fsp3) is 0.733. The van der Waals surface area contributed by atoms with Gasteiger partial charge in [-0.25, -0.2) is 0 Å². The third-order valence-electron chi connectivity index (χ3n) is 4.76. The first kappa shape index (κ1) is 15.3. The van der Waals surface area contributed by atoms with Crippen LogP contribution >= 0.6 is 22.9 Å². The Morgan fingerprint density at radius 2 is 2.05 bits per heavy atom. The van der Waals surface area contributed by atoms with Gasteiger partial charge in [0.05, 0.1) is 11.1 Å². The molecule has 4 heteroatoms. The molecule has 0 aliphatic heterocycles. The zero-order valence-corrected chi connectivity index (χ0v) is 13.9. The maximum absolute atomic E-state index is 6.38. The Kier molecular flexibility index (Phi) is 4.93. The Morgan fingerprint density at radius 3 is 2.47 bits per heavy atom. The number of hydrogen-bond acceptors (Lipinski definition) is 3. The molecule has 1 aromatic rings. The smallest absolute Gasteiger partial charge is 0.0614 e. The van der Waals surface area contributed by atoms with Crippen molar-refractivity contribution in [2.45, 2.75) is 44.2 Å². The minimum absolute atomic E-state index is 0.190. The van der Waals surface area contributed by atoms with Crippen LogP contribution in [0.3, 0.4) is 0 Å². The van der Waals surface area contributed by atoms with Crippen LogP contribution in [0.5, 0.6) is 0 Å². The molecular formula is C15H25ClN2S. The van der Waals surface area contributed by atoms with E-state index in [9.17, 15) is 0 Å². The lowest BCUT2D eigenvalue weighted by molar-refractivity contribution is 0.0468. The second-order valence-electron chi connectivity index (χ2n) is 6.04. The summed E-state index contributed by atoms with van der Waals surface area (Å²) in [4.78, 5) is 3.70. The summed E-state index contributed by atoms with van der Waals surface area (Å²) >= 11 is 8.15. The van der Waals surface area contributed by atoms with Gasteiger partial charge >= 0.3 is 0 Å². The fourth-order valence-corrected chi connectivity index (χ4v) is 4.80. The molecule has 0 aromatic carbocycles. The summed E-state index contributed by atoms with van der Waals surface area (Å²) in [6.45, 7) is 2.37. The maximum Gasteiger partial charge on any atom is 0.0614 e. The van der Waals surface area contributed by atoms with Crippen molar-refractivity contribution in [3.05, 3.63) is 21.3 Å². The van der Waals surface area contributed by atoms with Crippen LogP contribution in [-0.4, -0.2) is 31.6 Å². The van der Waals surface area contributed by atoms with Gasteiger partial charge in [-0.1, -0.05) is 18.5 Å². The molecule has 0 amide bonds. The summed E-state index contributed by atoms with van der Waals surface area (Å²) in [6, 6.07) is 2.34. The van der Waals surface area contributed by atoms with Gasteiger partial charge in [-0.3, -0.25) is 0 Å². The fourth-order valence-electron chi connectivity index (χ4n) is 3.41. The lowest BCUT2D eigenvalue weighted by Crippen LogP contribution is -2.54. The van der Waals surface area contributed by atoms with Gasteiger partial charge in [0.1, 0.15) is 0 Å². The molecule has 0 bridgehead atoms. The van der Waals surface area contributed by atoms with Crippen molar-refractivity contribution < 1.29 is 0 Å². The largest absolute Gasteiger partial charge is 0.311 e. The summed E-state index contributed by atoms with van der Waals surface area (Å²) in [5.74, 6) is 0.851. The van der Waals surface area contributed by atoms with E-state index in [1.54, 1.807) is 11.3 Å². The zero-order chi connectivity index (χ0) is 14.0. The van der Waals surface area contributed by atoms with E-state index >= 15 is 0 Å². The number of halogens is 1. The van der Waals surface area contributed by atoms with Crippen molar-refractivity contribution in [3.8, 4) is 0 Å². The monoisotopic (exact) mass is 300 g/mol. The van der Waals surface area contributed by atoms with E-state index < -0.39 is 0 Å². The minimum Gasteiger partial charge on any atom is -0.311 e. The predicted molar refractivity (Wildman–Crippen MR) is 85.2 cm³/mol. The zero-order valence-electron chi connectivity index (χ0n) is 12.4. The van der Waals surface area contributed by atoms with E-state index in [1.165, 1.54) is 30.6 Å². The number of rotatable bonds is 4. The van der Waals surface area contributed by atoms with Gasteiger partial charge in [0, 0.05) is 10.4 Å². The normalized spacial score (nSPS) is 29.7. The van der Waals surface area contributed by atoms with Crippen LogP contribution in [0, 0.1) is 5.92 Å². The highest BCUT2D eigenvalue weighted by Crippen LogP contribution is 2.46. The highest BCUT2D eigenvalue weighted by atomic mass is 35.5. The van der Waals surface area contributed by atoms with Gasteiger partial charge in [-0.05, 0) is 64.2 Å². The first-order chi connectivity index (χ1) is 9.01. The highest BCUT2D eigenvalue weighted by Gasteiger charge is 2.44. The number of nitrogens with one attached hydrogen (secondary N) is 1. The van der Waals surface area contributed by atoms with Crippen LogP contribution in [0.1, 0.15) is 43.5 Å². The van der Waals surface area contributed by atoms with E-state index in [-0.39, 0.29) is 5.54 Å². The van der Waals surface area contributed by atoms with E-state index in [1.807, 2.05) is 6.07 Å². The van der Waals surface area contributed by atoms with Gasteiger partial charge in [-0.15, -0.1) is 11.3 Å². The van der Waals surface area contributed by atoms with Gasteiger partial charge < -0.3 is 10.2 Å². The van der Waals surface area contributed by atoms with Crippen LogP contribution in [0.2, 0.25) is 5.02 Å². The van der Waals surface area contributed by atoms with Crippen LogP contribution in [-0.2, 0) is 0 Å². The van der Waals surface area contributed by atoms with Gasteiger partial charge in [0.15, 0.2) is 0 Å². The molecule has 1 atom stereocenters. The van der Waals surface area contributed by atoms with Crippen molar-refractivity contribution >= 4 is 22.9 Å². The van der Waals surface area contributed by atoms with E-state index in [4.69, 9.17) is 11.6 Å². The Labute approximate surface area is 126 Å². The molecule has 19 heavy (non-hydrogen) atoms. The molecule has 1 aliphatic rings. The molecule has 1 heterocycles. The van der Waals surface area contributed by atoms with Gasteiger partial charge in [0.2, 0.25) is 0 Å². The molecule has 1 N–H and O–H groups in total. The van der Waals surface area contributed by atoms with E-state index in [0.717, 1.165) is 10.9 Å². The predicted octanol–water partition coefficient (Wildman–Crippen LogP) is 4.17. The van der Waals surface area contributed by atoms with Crippen LogP contribution in [0.25, 0.3) is 0 Å². The Hall–Kier alpha value is -0.0900. The van der Waals surface area contributed by atoms with E-state index in [2.05, 4.69) is 43.7 Å². The molecule has 0 saturated heterocycles. The van der Waals surface area contributed by atoms with Crippen LogP contribution in [0.4, 0.5) is 0 Å². The number of nitrogens with zero attached hydrogens (tertiary/aromatic N) is 1. The standard InChI is InChI=1S/C15H25ClN2S/c1-11-5-8-15(9-6-11,18(3)4)14(17-2)13-12(16)7-10-19-13/h7,10-11,14,17H,5-6,8-9H2,1-4H3. The topological polar surface area (TPSA) is 15.3 Å². The summed E-state index contributed by atoms with van der Waals surface area (Å²) in [5.41, 5.74) is 0.190. The molecule has 108 valence electrons. The minimum atomic E-state index is 0.190. The van der Waals surface area contributed by atoms with Gasteiger partial charge in [-0.2, -0.15) is 0 Å². The molecule has 1 aliphatic carbocycles. The second-order valence-corrected chi connectivity index (χ2v) is 7.39. The molecule has 1 saturated carbocycles. The number of hydrogen-bond donors (Lipinski definition) is 1. The van der Waals surface area contributed by atoms with Gasteiger partial charge in [0.25, 0.3) is 0 Å². The lowest BCUT2D eigenvalue weighted by Gasteiger charge is -2.49. The molecule has 2 rings (SSSR count). The SMILES string of the molecule is CNC(c1sccc1Cl)C1(N(C)C)CCC(C)CC1. The molecule has 0 spiro atoms. The lowest BCUT2D eigenvalue weighted by atomic mass is 9.71. The van der Waals surface area contributed by atoms with E-state index in [0.29, 0.717) is 6.04 Å². The molecule has 0 radical (unpaired) electrons. The van der Waals surface area contributed by atoms with Crippen LogP contribution < -0.4 is 5.32 Å². The average Bonchev–Trinajstić information content (AvgIpc) is 2.79. The van der Waals surface area contributed by atoms with Crippen molar-refractivity contribution in [2.24, 2.45) is 5.92 Å². The summed E-state index contributed by atoms with van der Waals surface area (Å²) in [7, 11) is 6.48.